The van der Waals surface area contributed by atoms with Crippen molar-refractivity contribution in [3.05, 3.63) is 56.5 Å². The van der Waals surface area contributed by atoms with Crippen molar-refractivity contribution in [1.82, 2.24) is 24.5 Å². The predicted octanol–water partition coefficient (Wildman–Crippen LogP) is 6.17. The molecule has 9 nitrogen and oxygen atoms in total. The molecule has 3 heterocycles. The molecular weight excluding hydrogens is 568 g/mol. The molecule has 3 aromatic heterocycles. The third kappa shape index (κ3) is 5.68. The highest BCUT2D eigenvalue weighted by molar-refractivity contribution is 7.99. The fourth-order valence-corrected chi connectivity index (χ4v) is 7.04. The molecule has 210 valence electrons. The van der Waals surface area contributed by atoms with Crippen LogP contribution in [-0.2, 0) is 29.4 Å². The van der Waals surface area contributed by atoms with Crippen LogP contribution in [0.4, 0.5) is 5.00 Å². The molecule has 0 radical (unpaired) electrons. The molecule has 40 heavy (non-hydrogen) atoms. The molecule has 0 saturated carbocycles. The van der Waals surface area contributed by atoms with Crippen molar-refractivity contribution in [2.45, 2.75) is 64.6 Å². The first-order valence-corrected chi connectivity index (χ1v) is 15.3. The largest absolute Gasteiger partial charge is 0.459 e. The van der Waals surface area contributed by atoms with Gasteiger partial charge >= 0.3 is 5.97 Å². The normalized spacial score (nSPS) is 13.0. The number of carbonyl (C=O) groups is 2. The third-order valence-corrected chi connectivity index (χ3v) is 9.18. The van der Waals surface area contributed by atoms with Gasteiger partial charge in [0.15, 0.2) is 11.0 Å². The summed E-state index contributed by atoms with van der Waals surface area (Å²) in [5.41, 5.74) is 4.80. The van der Waals surface area contributed by atoms with E-state index in [2.05, 4.69) is 20.6 Å². The maximum Gasteiger partial charge on any atom is 0.341 e. The molecule has 0 saturated heterocycles. The van der Waals surface area contributed by atoms with E-state index in [4.69, 9.17) is 16.3 Å². The fourth-order valence-electron chi connectivity index (χ4n) is 4.75. The number of hydrogen-bond donors (Lipinski definition) is 1. The Kier molecular flexibility index (Phi) is 8.34. The number of halogens is 1. The molecule has 0 unspecified atom stereocenters. The lowest BCUT2D eigenvalue weighted by Crippen LogP contribution is -2.19. The lowest BCUT2D eigenvalue weighted by atomic mass is 9.95. The van der Waals surface area contributed by atoms with Crippen molar-refractivity contribution in [2.24, 2.45) is 7.05 Å². The number of nitrogens with one attached hydrogen (secondary N) is 1. The van der Waals surface area contributed by atoms with Crippen LogP contribution < -0.4 is 5.32 Å². The number of amides is 1. The van der Waals surface area contributed by atoms with E-state index in [0.717, 1.165) is 47.4 Å². The molecule has 0 atom stereocenters. The average Bonchev–Trinajstić information content (AvgIpc) is 3.55. The van der Waals surface area contributed by atoms with Crippen molar-refractivity contribution >= 4 is 51.6 Å². The second kappa shape index (κ2) is 11.8. The number of esters is 1. The van der Waals surface area contributed by atoms with E-state index < -0.39 is 0 Å². The monoisotopic (exact) mass is 598 g/mol. The number of rotatable bonds is 8. The highest BCUT2D eigenvalue weighted by Crippen LogP contribution is 2.39. The maximum absolute atomic E-state index is 13.2. The summed E-state index contributed by atoms with van der Waals surface area (Å²) in [6, 6.07) is 7.97. The maximum atomic E-state index is 13.2. The summed E-state index contributed by atoms with van der Waals surface area (Å²) in [7, 11) is 1.81. The Balaban J connectivity index is 1.42. The van der Waals surface area contributed by atoms with Crippen molar-refractivity contribution < 1.29 is 14.3 Å². The molecule has 0 spiro atoms. The number of aryl methyl sites for hydroxylation is 4. The van der Waals surface area contributed by atoms with Crippen LogP contribution in [0.25, 0.3) is 17.2 Å². The Morgan fingerprint density at radius 2 is 1.88 bits per heavy atom. The number of nitrogens with zero attached hydrogens (tertiary/aromatic N) is 5. The first-order chi connectivity index (χ1) is 19.1. The molecule has 1 N–H and O–H groups in total. The molecule has 4 aromatic rings. The molecule has 0 bridgehead atoms. The van der Waals surface area contributed by atoms with Crippen LogP contribution in [0.3, 0.4) is 0 Å². The van der Waals surface area contributed by atoms with Gasteiger partial charge in [0.1, 0.15) is 10.7 Å². The number of benzene rings is 1. The Bertz CT molecular complexity index is 1570. The van der Waals surface area contributed by atoms with Crippen molar-refractivity contribution in [3.63, 3.8) is 0 Å². The number of ether oxygens (including phenoxy) is 1. The molecule has 1 aliphatic carbocycles. The molecule has 5 rings (SSSR count). The van der Waals surface area contributed by atoms with Crippen LogP contribution in [-0.4, -0.2) is 48.3 Å². The SMILES string of the molecule is Cc1ccc(-n2c(SCC(=O)Nc3sc4c(c3C(=O)OC(C)C)CCCC4)nnc2-c2c(Cl)c(C)nn2C)cc1. The number of carbonyl (C=O) groups excluding carboxylic acids is 2. The predicted molar refractivity (Wildman–Crippen MR) is 159 cm³/mol. The highest BCUT2D eigenvalue weighted by atomic mass is 35.5. The van der Waals surface area contributed by atoms with Crippen LogP contribution in [0.1, 0.15) is 58.7 Å². The van der Waals surface area contributed by atoms with Crippen molar-refractivity contribution in [3.8, 4) is 17.2 Å². The minimum absolute atomic E-state index is 0.0728. The third-order valence-electron chi connectivity index (χ3n) is 6.59. The lowest BCUT2D eigenvalue weighted by Gasteiger charge is -2.14. The van der Waals surface area contributed by atoms with E-state index in [1.807, 2.05) is 63.6 Å². The van der Waals surface area contributed by atoms with Crippen LogP contribution in [0.15, 0.2) is 29.4 Å². The summed E-state index contributed by atoms with van der Waals surface area (Å²) in [5, 5.41) is 17.9. The summed E-state index contributed by atoms with van der Waals surface area (Å²) >= 11 is 9.34. The number of thiophene rings is 1. The zero-order valence-electron chi connectivity index (χ0n) is 23.1. The summed E-state index contributed by atoms with van der Waals surface area (Å²) < 4.78 is 9.09. The van der Waals surface area contributed by atoms with E-state index in [1.54, 1.807) is 4.68 Å². The van der Waals surface area contributed by atoms with Crippen LogP contribution in [0.5, 0.6) is 0 Å². The van der Waals surface area contributed by atoms with Gasteiger partial charge in [-0.25, -0.2) is 4.79 Å². The number of thioether (sulfide) groups is 1. The van der Waals surface area contributed by atoms with Gasteiger partial charge < -0.3 is 10.1 Å². The van der Waals surface area contributed by atoms with E-state index in [0.29, 0.717) is 38.0 Å². The van der Waals surface area contributed by atoms with Crippen LogP contribution in [0.2, 0.25) is 5.02 Å². The summed E-state index contributed by atoms with van der Waals surface area (Å²) in [4.78, 5) is 27.3. The number of anilines is 1. The summed E-state index contributed by atoms with van der Waals surface area (Å²) in [5.74, 6) is -0.0193. The van der Waals surface area contributed by atoms with E-state index >= 15 is 0 Å². The van der Waals surface area contributed by atoms with Gasteiger partial charge in [-0.1, -0.05) is 41.1 Å². The molecule has 12 heteroatoms. The molecule has 0 fully saturated rings. The van der Waals surface area contributed by atoms with Gasteiger partial charge in [-0.15, -0.1) is 21.5 Å². The Labute approximate surface area is 246 Å². The number of aromatic nitrogens is 5. The molecule has 1 amide bonds. The molecule has 1 aromatic carbocycles. The average molecular weight is 599 g/mol. The molecule has 1 aliphatic rings. The first kappa shape index (κ1) is 28.4. The van der Waals surface area contributed by atoms with Gasteiger partial charge in [0.05, 0.1) is 28.1 Å². The Hall–Kier alpha value is -3.15. The fraction of sp³-hybridized carbons (Fsp3) is 0.393. The zero-order chi connectivity index (χ0) is 28.6. The minimum atomic E-state index is -0.385. The standard InChI is InChI=1S/C28H31ClN6O3S2/c1-15(2)38-27(37)22-19-8-6-7-9-20(19)40-26(22)30-21(36)14-39-28-32-31-25(24-23(29)17(4)33-34(24)5)35(28)18-12-10-16(3)11-13-18/h10-13,15H,6-9,14H2,1-5H3,(H,30,36). The topological polar surface area (TPSA) is 104 Å². The highest BCUT2D eigenvalue weighted by Gasteiger charge is 2.28. The first-order valence-electron chi connectivity index (χ1n) is 13.1. The summed E-state index contributed by atoms with van der Waals surface area (Å²) in [6.07, 6.45) is 3.58. The second-order valence-electron chi connectivity index (χ2n) is 10.1. The minimum Gasteiger partial charge on any atom is -0.459 e. The van der Waals surface area contributed by atoms with Crippen molar-refractivity contribution in [1.29, 1.82) is 0 Å². The van der Waals surface area contributed by atoms with Crippen LogP contribution >= 0.6 is 34.7 Å². The number of fused-ring (bicyclic) bond motifs is 1. The van der Waals surface area contributed by atoms with E-state index in [1.165, 1.54) is 23.1 Å². The molecular formula is C28H31ClN6O3S2. The van der Waals surface area contributed by atoms with E-state index in [9.17, 15) is 9.59 Å². The Morgan fingerprint density at radius 3 is 2.55 bits per heavy atom. The summed E-state index contributed by atoms with van der Waals surface area (Å²) in [6.45, 7) is 7.51. The lowest BCUT2D eigenvalue weighted by molar-refractivity contribution is -0.113. The van der Waals surface area contributed by atoms with E-state index in [-0.39, 0.29) is 23.7 Å². The van der Waals surface area contributed by atoms with Gasteiger partial charge in [0.25, 0.3) is 0 Å². The van der Waals surface area contributed by atoms with Crippen molar-refractivity contribution in [2.75, 3.05) is 11.1 Å². The van der Waals surface area contributed by atoms with Gasteiger partial charge in [0.2, 0.25) is 5.91 Å². The zero-order valence-corrected chi connectivity index (χ0v) is 25.5. The van der Waals surface area contributed by atoms with Gasteiger partial charge in [0, 0.05) is 17.6 Å². The number of hydrogen-bond acceptors (Lipinski definition) is 8. The molecule has 0 aliphatic heterocycles. The Morgan fingerprint density at radius 1 is 1.15 bits per heavy atom. The van der Waals surface area contributed by atoms with Crippen LogP contribution in [0, 0.1) is 13.8 Å². The quantitative estimate of drug-likeness (QED) is 0.191. The van der Waals surface area contributed by atoms with Gasteiger partial charge in [-0.05, 0) is 71.1 Å². The van der Waals surface area contributed by atoms with Gasteiger partial charge in [-0.2, -0.15) is 5.10 Å². The second-order valence-corrected chi connectivity index (χ2v) is 12.5. The van der Waals surface area contributed by atoms with Gasteiger partial charge in [-0.3, -0.25) is 14.0 Å². The smallest absolute Gasteiger partial charge is 0.341 e.